The minimum Gasteiger partial charge on any atom is -0.371 e. The summed E-state index contributed by atoms with van der Waals surface area (Å²) in [6, 6.07) is 17.1. The average Bonchev–Trinajstić information content (AvgIpc) is 3.02. The maximum atomic E-state index is 5.93. The van der Waals surface area contributed by atoms with E-state index in [4.69, 9.17) is 5.84 Å². The molecule has 1 atom stereocenters. The monoisotopic (exact) mass is 249 g/mol. The molecular weight excluding hydrogens is 234 g/mol. The van der Waals surface area contributed by atoms with Gasteiger partial charge in [0, 0.05) is 6.54 Å². The molecule has 0 amide bonds. The number of rotatable bonds is 1. The van der Waals surface area contributed by atoms with Crippen LogP contribution in [0.1, 0.15) is 22.7 Å². The fraction of sp³-hybridized carbons (Fsp3) is 0.250. The van der Waals surface area contributed by atoms with Gasteiger partial charge in [0.25, 0.3) is 0 Å². The molecule has 0 spiro atoms. The molecule has 0 radical (unpaired) electrons. The van der Waals surface area contributed by atoms with Crippen LogP contribution in [-0.4, -0.2) is 6.54 Å². The largest absolute Gasteiger partial charge is 0.371 e. The lowest BCUT2D eigenvalue weighted by Gasteiger charge is -2.15. The molecule has 0 aliphatic carbocycles. The predicted molar refractivity (Wildman–Crippen MR) is 75.9 cm³/mol. The molecule has 2 aromatic rings. The molecular formula is C16H15N3. The Hall–Kier alpha value is -2.18. The van der Waals surface area contributed by atoms with E-state index in [1.165, 1.54) is 22.4 Å². The first-order chi connectivity index (χ1) is 9.31. The highest BCUT2D eigenvalue weighted by atomic mass is 15.4. The molecule has 4 rings (SSSR count). The van der Waals surface area contributed by atoms with E-state index in [0.717, 1.165) is 25.1 Å². The lowest BCUT2D eigenvalue weighted by atomic mass is 10.00. The molecule has 94 valence electrons. The van der Waals surface area contributed by atoms with Crippen molar-refractivity contribution < 1.29 is 0 Å². The van der Waals surface area contributed by atoms with Crippen molar-refractivity contribution in [1.29, 1.82) is 0 Å². The van der Waals surface area contributed by atoms with Gasteiger partial charge in [0.1, 0.15) is 0 Å². The maximum Gasteiger partial charge on any atom is 0.0895 e. The summed E-state index contributed by atoms with van der Waals surface area (Å²) >= 11 is 0. The topological polar surface area (TPSA) is 41.3 Å². The van der Waals surface area contributed by atoms with Crippen LogP contribution in [-0.2, 0) is 12.8 Å². The number of hydrogen-bond donors (Lipinski definition) is 2. The third-order valence-corrected chi connectivity index (χ3v) is 4.07. The van der Waals surface area contributed by atoms with Crippen molar-refractivity contribution in [2.45, 2.75) is 18.9 Å². The Labute approximate surface area is 113 Å². The molecule has 0 fully saturated rings. The number of nitrogens with two attached hydrogens (primary N) is 1. The predicted octanol–water partition coefficient (Wildman–Crippen LogP) is 2.23. The Balaban J connectivity index is 1.65. The molecule has 0 saturated heterocycles. The SMILES string of the molecule is NN1CCc2cc(C3Cc4ccc#cc4N3)ccc21. The molecule has 2 aromatic carbocycles. The normalized spacial score (nSPS) is 19.6. The highest BCUT2D eigenvalue weighted by Crippen LogP contribution is 2.35. The van der Waals surface area contributed by atoms with E-state index < -0.39 is 0 Å². The minimum absolute atomic E-state index is 0.346. The van der Waals surface area contributed by atoms with Crippen molar-refractivity contribution >= 4 is 11.4 Å². The summed E-state index contributed by atoms with van der Waals surface area (Å²) < 4.78 is 0. The summed E-state index contributed by atoms with van der Waals surface area (Å²) in [7, 11) is 0. The van der Waals surface area contributed by atoms with Crippen LogP contribution in [0.3, 0.4) is 0 Å². The van der Waals surface area contributed by atoms with Crippen LogP contribution < -0.4 is 16.2 Å². The number of nitrogens with zero attached hydrogens (tertiary/aromatic N) is 1. The standard InChI is InChI=1S/C16H15N3/c17-19-8-7-13-9-12(5-6-16(13)19)15-10-11-3-1-2-4-14(11)18-15/h1,3,5-6,9,15,18H,7-8,10,17H2. The van der Waals surface area contributed by atoms with Gasteiger partial charge in [-0.15, -0.1) is 0 Å². The number of anilines is 2. The van der Waals surface area contributed by atoms with E-state index >= 15 is 0 Å². The Morgan fingerprint density at radius 1 is 1.26 bits per heavy atom. The molecule has 0 saturated carbocycles. The van der Waals surface area contributed by atoms with Crippen LogP contribution >= 0.6 is 0 Å². The smallest absolute Gasteiger partial charge is 0.0895 e. The van der Waals surface area contributed by atoms with E-state index in [9.17, 15) is 0 Å². The van der Waals surface area contributed by atoms with Gasteiger partial charge in [-0.1, -0.05) is 18.2 Å². The Morgan fingerprint density at radius 2 is 2.21 bits per heavy atom. The fourth-order valence-electron chi connectivity index (χ4n) is 3.03. The zero-order chi connectivity index (χ0) is 12.8. The van der Waals surface area contributed by atoms with Gasteiger partial charge in [-0.2, -0.15) is 0 Å². The number of hydrazine groups is 1. The summed E-state index contributed by atoms with van der Waals surface area (Å²) in [5.41, 5.74) is 6.27. The zero-order valence-corrected chi connectivity index (χ0v) is 10.6. The summed E-state index contributed by atoms with van der Waals surface area (Å²) in [6.07, 6.45) is 2.06. The van der Waals surface area contributed by atoms with E-state index in [0.29, 0.717) is 6.04 Å². The molecule has 3 heteroatoms. The van der Waals surface area contributed by atoms with Crippen molar-refractivity contribution in [2.24, 2.45) is 5.84 Å². The summed E-state index contributed by atoms with van der Waals surface area (Å²) in [5, 5.41) is 5.35. The van der Waals surface area contributed by atoms with Crippen LogP contribution in [0.15, 0.2) is 30.3 Å². The van der Waals surface area contributed by atoms with Gasteiger partial charge in [0.2, 0.25) is 0 Å². The second-order valence-electron chi connectivity index (χ2n) is 5.24. The van der Waals surface area contributed by atoms with E-state index in [-0.39, 0.29) is 0 Å². The first-order valence-corrected chi connectivity index (χ1v) is 6.64. The van der Waals surface area contributed by atoms with Crippen LogP contribution in [0.2, 0.25) is 0 Å². The van der Waals surface area contributed by atoms with Crippen LogP contribution in [0.4, 0.5) is 11.4 Å². The van der Waals surface area contributed by atoms with Gasteiger partial charge < -0.3 is 10.3 Å². The second-order valence-corrected chi connectivity index (χ2v) is 5.24. The lowest BCUT2D eigenvalue weighted by molar-refractivity contribution is 0.822. The molecule has 2 aliphatic rings. The van der Waals surface area contributed by atoms with E-state index in [1.54, 1.807) is 0 Å². The highest BCUT2D eigenvalue weighted by Gasteiger charge is 2.24. The summed E-state index contributed by atoms with van der Waals surface area (Å²) in [5.74, 6) is 5.93. The average molecular weight is 249 g/mol. The molecule has 3 nitrogen and oxygen atoms in total. The third-order valence-electron chi connectivity index (χ3n) is 4.07. The summed E-state index contributed by atoms with van der Waals surface area (Å²) in [6.45, 7) is 0.917. The van der Waals surface area contributed by atoms with Crippen LogP contribution in [0.25, 0.3) is 0 Å². The van der Waals surface area contributed by atoms with Gasteiger partial charge in [-0.05, 0) is 53.8 Å². The number of hydrogen-bond acceptors (Lipinski definition) is 3. The molecule has 19 heavy (non-hydrogen) atoms. The molecule has 0 bridgehead atoms. The van der Waals surface area contributed by atoms with Crippen molar-refractivity contribution in [2.75, 3.05) is 16.9 Å². The first kappa shape index (κ1) is 10.7. The van der Waals surface area contributed by atoms with E-state index in [1.807, 2.05) is 11.1 Å². The van der Waals surface area contributed by atoms with Gasteiger partial charge >= 0.3 is 0 Å². The first-order valence-electron chi connectivity index (χ1n) is 6.64. The Morgan fingerprint density at radius 3 is 3.11 bits per heavy atom. The Bertz CT molecular complexity index is 611. The Kier molecular flexibility index (Phi) is 2.20. The maximum absolute atomic E-state index is 5.93. The fourth-order valence-corrected chi connectivity index (χ4v) is 3.03. The molecule has 2 aliphatic heterocycles. The molecule has 3 N–H and O–H groups in total. The van der Waals surface area contributed by atoms with E-state index in [2.05, 4.69) is 41.7 Å². The number of fused-ring (bicyclic) bond motifs is 2. The van der Waals surface area contributed by atoms with Crippen LogP contribution in [0.5, 0.6) is 0 Å². The highest BCUT2D eigenvalue weighted by molar-refractivity contribution is 5.61. The van der Waals surface area contributed by atoms with Gasteiger partial charge in [-0.3, -0.25) is 0 Å². The number of nitrogens with one attached hydrogen (secondary N) is 1. The number of benzene rings is 1. The molecule has 2 heterocycles. The summed E-state index contributed by atoms with van der Waals surface area (Å²) in [4.78, 5) is 0. The minimum atomic E-state index is 0.346. The van der Waals surface area contributed by atoms with Crippen molar-refractivity contribution in [1.82, 2.24) is 0 Å². The van der Waals surface area contributed by atoms with Crippen molar-refractivity contribution in [3.05, 3.63) is 59.2 Å². The zero-order valence-electron chi connectivity index (χ0n) is 10.6. The van der Waals surface area contributed by atoms with Crippen molar-refractivity contribution in [3.8, 4) is 0 Å². The molecule has 0 aromatic heterocycles. The van der Waals surface area contributed by atoms with Crippen molar-refractivity contribution in [3.63, 3.8) is 0 Å². The van der Waals surface area contributed by atoms with Gasteiger partial charge in [0.15, 0.2) is 0 Å². The second kappa shape index (κ2) is 3.91. The quantitative estimate of drug-likeness (QED) is 0.762. The van der Waals surface area contributed by atoms with Gasteiger partial charge in [-0.25, -0.2) is 5.84 Å². The lowest BCUT2D eigenvalue weighted by Crippen LogP contribution is -2.27. The third kappa shape index (κ3) is 1.65. The molecule has 1 unspecified atom stereocenters. The van der Waals surface area contributed by atoms with Gasteiger partial charge in [0.05, 0.1) is 17.4 Å². The van der Waals surface area contributed by atoms with Crippen LogP contribution in [0, 0.1) is 12.1 Å².